The van der Waals surface area contributed by atoms with Crippen molar-refractivity contribution in [3.05, 3.63) is 17.5 Å². The number of rotatable bonds is 6. The zero-order chi connectivity index (χ0) is 15.2. The predicted molar refractivity (Wildman–Crippen MR) is 78.8 cm³/mol. The molecule has 2 unspecified atom stereocenters. The van der Waals surface area contributed by atoms with Gasteiger partial charge in [0.1, 0.15) is 5.56 Å². The molecule has 1 saturated carbocycles. The van der Waals surface area contributed by atoms with Crippen molar-refractivity contribution >= 4 is 5.97 Å². The van der Waals surface area contributed by atoms with Crippen LogP contribution in [0.2, 0.25) is 0 Å². The van der Waals surface area contributed by atoms with Crippen LogP contribution in [0.4, 0.5) is 0 Å². The maximum atomic E-state index is 11.9. The second-order valence-corrected chi connectivity index (χ2v) is 5.56. The van der Waals surface area contributed by atoms with E-state index in [2.05, 4.69) is 10.4 Å². The molecule has 0 saturated heterocycles. The molecule has 0 bridgehead atoms. The number of nitrogens with one attached hydrogen (secondary N) is 1. The molecule has 1 aromatic heterocycles. The molecule has 0 aliphatic heterocycles. The number of carbonyl (C=O) groups is 1. The highest BCUT2D eigenvalue weighted by atomic mass is 16.5. The Labute approximate surface area is 125 Å². The summed E-state index contributed by atoms with van der Waals surface area (Å²) in [6, 6.07) is 0.300. The van der Waals surface area contributed by atoms with Crippen LogP contribution >= 0.6 is 0 Å². The molecule has 118 valence electrons. The van der Waals surface area contributed by atoms with Crippen molar-refractivity contribution in [3.63, 3.8) is 0 Å². The molecule has 0 spiro atoms. The topological polar surface area (TPSA) is 76.4 Å². The van der Waals surface area contributed by atoms with Gasteiger partial charge >= 0.3 is 5.97 Å². The van der Waals surface area contributed by atoms with Crippen molar-refractivity contribution < 1.29 is 14.6 Å². The van der Waals surface area contributed by atoms with E-state index in [-0.39, 0.29) is 12.6 Å². The number of aliphatic hydroxyl groups excluding tert-OH is 1. The van der Waals surface area contributed by atoms with Gasteiger partial charge in [-0.3, -0.25) is 4.68 Å². The van der Waals surface area contributed by atoms with Crippen LogP contribution in [-0.4, -0.2) is 40.1 Å². The van der Waals surface area contributed by atoms with Crippen LogP contribution in [0.25, 0.3) is 0 Å². The average molecular weight is 295 g/mol. The number of ether oxygens (including phenoxy) is 1. The third kappa shape index (κ3) is 3.83. The highest BCUT2D eigenvalue weighted by Crippen LogP contribution is 2.24. The third-order valence-electron chi connectivity index (χ3n) is 4.23. The second-order valence-electron chi connectivity index (χ2n) is 5.56. The second kappa shape index (κ2) is 7.56. The van der Waals surface area contributed by atoms with Gasteiger partial charge in [-0.15, -0.1) is 0 Å². The molecular formula is C15H25N3O3. The van der Waals surface area contributed by atoms with Crippen molar-refractivity contribution in [1.82, 2.24) is 15.1 Å². The molecule has 1 heterocycles. The van der Waals surface area contributed by atoms with Crippen LogP contribution in [-0.2, 0) is 18.3 Å². The van der Waals surface area contributed by atoms with Crippen LogP contribution in [0.5, 0.6) is 0 Å². The molecule has 0 amide bonds. The Morgan fingerprint density at radius 3 is 3.00 bits per heavy atom. The molecule has 0 radical (unpaired) electrons. The van der Waals surface area contributed by atoms with E-state index in [9.17, 15) is 9.90 Å². The molecule has 0 aromatic carbocycles. The Kier molecular flexibility index (Phi) is 5.76. The Morgan fingerprint density at radius 2 is 2.29 bits per heavy atom. The standard InChI is InChI=1S/C15H25N3O3/c1-3-21-15(20)12-8-17-18(2)14(12)9-16-13-7-5-4-6-11(13)10-19/h8,11,13,16,19H,3-7,9-10H2,1-2H3. The molecule has 1 aliphatic rings. The van der Waals surface area contributed by atoms with Gasteiger partial charge in [-0.2, -0.15) is 5.10 Å². The van der Waals surface area contributed by atoms with Gasteiger partial charge in [-0.05, 0) is 25.7 Å². The largest absolute Gasteiger partial charge is 0.462 e. The number of aryl methyl sites for hydroxylation is 1. The number of aromatic nitrogens is 2. The van der Waals surface area contributed by atoms with Crippen molar-refractivity contribution in [3.8, 4) is 0 Å². The summed E-state index contributed by atoms with van der Waals surface area (Å²) in [4.78, 5) is 11.9. The number of hydrogen-bond donors (Lipinski definition) is 2. The number of carbonyl (C=O) groups excluding carboxylic acids is 1. The zero-order valence-electron chi connectivity index (χ0n) is 12.8. The fraction of sp³-hybridized carbons (Fsp3) is 0.733. The molecule has 2 N–H and O–H groups in total. The average Bonchev–Trinajstić information content (AvgIpc) is 2.86. The smallest absolute Gasteiger partial charge is 0.341 e. The van der Waals surface area contributed by atoms with Crippen molar-refractivity contribution in [2.75, 3.05) is 13.2 Å². The zero-order valence-corrected chi connectivity index (χ0v) is 12.8. The van der Waals surface area contributed by atoms with Crippen LogP contribution in [0.3, 0.4) is 0 Å². The normalized spacial score (nSPS) is 22.2. The first-order valence-corrected chi connectivity index (χ1v) is 7.69. The summed E-state index contributed by atoms with van der Waals surface area (Å²) in [5.74, 6) is -0.0252. The van der Waals surface area contributed by atoms with E-state index in [4.69, 9.17) is 4.74 Å². The maximum Gasteiger partial charge on any atom is 0.341 e. The number of hydrogen-bond acceptors (Lipinski definition) is 5. The van der Waals surface area contributed by atoms with Gasteiger partial charge in [0.2, 0.25) is 0 Å². The first-order valence-electron chi connectivity index (χ1n) is 7.69. The van der Waals surface area contributed by atoms with E-state index in [0.717, 1.165) is 18.5 Å². The summed E-state index contributed by atoms with van der Waals surface area (Å²) < 4.78 is 6.76. The van der Waals surface area contributed by atoms with Crippen LogP contribution in [0.1, 0.15) is 48.7 Å². The lowest BCUT2D eigenvalue weighted by Crippen LogP contribution is -2.40. The van der Waals surface area contributed by atoms with E-state index in [1.807, 2.05) is 7.05 Å². The monoisotopic (exact) mass is 295 g/mol. The van der Waals surface area contributed by atoms with Gasteiger partial charge in [-0.1, -0.05) is 12.8 Å². The van der Waals surface area contributed by atoms with Gasteiger partial charge in [0, 0.05) is 26.2 Å². The van der Waals surface area contributed by atoms with Gasteiger partial charge in [0.15, 0.2) is 0 Å². The van der Waals surface area contributed by atoms with Gasteiger partial charge in [0.25, 0.3) is 0 Å². The van der Waals surface area contributed by atoms with E-state index in [1.54, 1.807) is 17.8 Å². The minimum Gasteiger partial charge on any atom is -0.462 e. The Hall–Kier alpha value is -1.40. The highest BCUT2D eigenvalue weighted by Gasteiger charge is 2.25. The van der Waals surface area contributed by atoms with Crippen molar-refractivity contribution in [2.24, 2.45) is 13.0 Å². The van der Waals surface area contributed by atoms with Gasteiger partial charge in [0.05, 0.1) is 18.5 Å². The quantitative estimate of drug-likeness (QED) is 0.772. The molecule has 6 heteroatoms. The molecular weight excluding hydrogens is 270 g/mol. The fourth-order valence-corrected chi connectivity index (χ4v) is 2.97. The minimum absolute atomic E-state index is 0.216. The van der Waals surface area contributed by atoms with E-state index < -0.39 is 0 Å². The summed E-state index contributed by atoms with van der Waals surface area (Å²) in [6.07, 6.45) is 6.05. The third-order valence-corrected chi connectivity index (χ3v) is 4.23. The number of nitrogens with zero attached hydrogens (tertiary/aromatic N) is 2. The summed E-state index contributed by atoms with van der Waals surface area (Å²) in [5, 5.41) is 17.1. The summed E-state index contributed by atoms with van der Waals surface area (Å²) >= 11 is 0. The fourth-order valence-electron chi connectivity index (χ4n) is 2.97. The molecule has 1 aromatic rings. The van der Waals surface area contributed by atoms with Crippen molar-refractivity contribution in [2.45, 2.75) is 45.2 Å². The van der Waals surface area contributed by atoms with E-state index in [0.29, 0.717) is 30.7 Å². The lowest BCUT2D eigenvalue weighted by atomic mass is 9.85. The highest BCUT2D eigenvalue weighted by molar-refractivity contribution is 5.90. The Morgan fingerprint density at radius 1 is 1.52 bits per heavy atom. The van der Waals surface area contributed by atoms with Crippen molar-refractivity contribution in [1.29, 1.82) is 0 Å². The summed E-state index contributed by atoms with van der Waals surface area (Å²) in [5.41, 5.74) is 1.35. The van der Waals surface area contributed by atoms with Crippen LogP contribution in [0, 0.1) is 5.92 Å². The first kappa shape index (κ1) is 16.0. The Balaban J connectivity index is 2.02. The molecule has 1 aliphatic carbocycles. The maximum absolute atomic E-state index is 11.9. The summed E-state index contributed by atoms with van der Waals surface area (Å²) in [7, 11) is 1.82. The lowest BCUT2D eigenvalue weighted by Gasteiger charge is -2.31. The van der Waals surface area contributed by atoms with E-state index >= 15 is 0 Å². The number of esters is 1. The van der Waals surface area contributed by atoms with Gasteiger partial charge < -0.3 is 15.2 Å². The first-order chi connectivity index (χ1) is 10.2. The molecule has 1 fully saturated rings. The molecule has 6 nitrogen and oxygen atoms in total. The molecule has 2 rings (SSSR count). The molecule has 21 heavy (non-hydrogen) atoms. The summed E-state index contributed by atoms with van der Waals surface area (Å²) in [6.45, 7) is 2.93. The molecule has 2 atom stereocenters. The number of aliphatic hydroxyl groups is 1. The minimum atomic E-state index is -0.329. The lowest BCUT2D eigenvalue weighted by molar-refractivity contribution is 0.0524. The van der Waals surface area contributed by atoms with Gasteiger partial charge in [-0.25, -0.2) is 4.79 Å². The predicted octanol–water partition coefficient (Wildman–Crippen LogP) is 1.24. The van der Waals surface area contributed by atoms with Crippen LogP contribution < -0.4 is 5.32 Å². The van der Waals surface area contributed by atoms with E-state index in [1.165, 1.54) is 12.8 Å². The Bertz CT molecular complexity index is 473. The van der Waals surface area contributed by atoms with Crippen LogP contribution in [0.15, 0.2) is 6.20 Å². The SMILES string of the molecule is CCOC(=O)c1cnn(C)c1CNC1CCCCC1CO.